The maximum atomic E-state index is 13.4. The van der Waals surface area contributed by atoms with Gasteiger partial charge in [-0.2, -0.15) is 0 Å². The molecular formula is C12H15F2NO3. The number of hydrogen-bond donors (Lipinski definition) is 2. The fraction of sp³-hybridized carbons (Fsp3) is 0.417. The SMILES string of the molecule is COCC(O)CNC(=O)c1cc(F)c(C)cc1F. The smallest absolute Gasteiger partial charge is 0.254 e. The van der Waals surface area contributed by atoms with Crippen LogP contribution in [0.25, 0.3) is 0 Å². The molecule has 1 aromatic rings. The van der Waals surface area contributed by atoms with E-state index < -0.39 is 23.6 Å². The van der Waals surface area contributed by atoms with Crippen LogP contribution in [0.15, 0.2) is 12.1 Å². The van der Waals surface area contributed by atoms with E-state index in [1.54, 1.807) is 0 Å². The molecule has 2 N–H and O–H groups in total. The Morgan fingerprint density at radius 2 is 2.11 bits per heavy atom. The first-order chi connectivity index (χ1) is 8.45. The van der Waals surface area contributed by atoms with Crippen molar-refractivity contribution in [1.82, 2.24) is 5.32 Å². The number of aryl methyl sites for hydroxylation is 1. The van der Waals surface area contributed by atoms with Crippen LogP contribution in [0.2, 0.25) is 0 Å². The molecule has 0 aliphatic heterocycles. The zero-order valence-corrected chi connectivity index (χ0v) is 10.2. The predicted molar refractivity (Wildman–Crippen MR) is 61.3 cm³/mol. The molecule has 4 nitrogen and oxygen atoms in total. The number of nitrogens with one attached hydrogen (secondary N) is 1. The standard InChI is InChI=1S/C12H15F2NO3/c1-7-3-11(14)9(4-10(7)13)12(17)15-5-8(16)6-18-2/h3-4,8,16H,5-6H2,1-2H3,(H,15,17). The second-order valence-electron chi connectivity index (χ2n) is 3.90. The summed E-state index contributed by atoms with van der Waals surface area (Å²) in [4.78, 5) is 11.6. The van der Waals surface area contributed by atoms with Gasteiger partial charge in [0.25, 0.3) is 5.91 Å². The third-order valence-corrected chi connectivity index (χ3v) is 2.35. The Hall–Kier alpha value is -1.53. The first-order valence-corrected chi connectivity index (χ1v) is 5.36. The highest BCUT2D eigenvalue weighted by atomic mass is 19.1. The van der Waals surface area contributed by atoms with Gasteiger partial charge in [-0.3, -0.25) is 4.79 Å². The summed E-state index contributed by atoms with van der Waals surface area (Å²) in [6.45, 7) is 1.36. The van der Waals surface area contributed by atoms with Crippen LogP contribution in [0.4, 0.5) is 8.78 Å². The largest absolute Gasteiger partial charge is 0.389 e. The van der Waals surface area contributed by atoms with E-state index in [1.807, 2.05) is 0 Å². The molecule has 1 rings (SSSR count). The number of amides is 1. The number of ether oxygens (including phenoxy) is 1. The summed E-state index contributed by atoms with van der Waals surface area (Å²) in [5, 5.41) is 11.6. The molecule has 0 aliphatic rings. The molecule has 0 spiro atoms. The van der Waals surface area contributed by atoms with Crippen LogP contribution in [-0.2, 0) is 4.74 Å². The Kier molecular flexibility index (Phi) is 5.18. The van der Waals surface area contributed by atoms with Crippen molar-refractivity contribution in [1.29, 1.82) is 0 Å². The van der Waals surface area contributed by atoms with Gasteiger partial charge in [0.15, 0.2) is 0 Å². The lowest BCUT2D eigenvalue weighted by atomic mass is 10.1. The predicted octanol–water partition coefficient (Wildman–Crippen LogP) is 1.01. The summed E-state index contributed by atoms with van der Waals surface area (Å²) in [6.07, 6.45) is -0.891. The number of methoxy groups -OCH3 is 1. The molecule has 18 heavy (non-hydrogen) atoms. The van der Waals surface area contributed by atoms with E-state index in [0.717, 1.165) is 12.1 Å². The van der Waals surface area contributed by atoms with E-state index in [-0.39, 0.29) is 24.3 Å². The molecule has 1 amide bonds. The van der Waals surface area contributed by atoms with Gasteiger partial charge in [-0.05, 0) is 24.6 Å². The summed E-state index contributed by atoms with van der Waals surface area (Å²) >= 11 is 0. The Labute approximate surface area is 104 Å². The van der Waals surface area contributed by atoms with E-state index in [0.29, 0.717) is 0 Å². The minimum absolute atomic E-state index is 0.0466. The van der Waals surface area contributed by atoms with Gasteiger partial charge < -0.3 is 15.2 Å². The lowest BCUT2D eigenvalue weighted by Gasteiger charge is -2.11. The van der Waals surface area contributed by atoms with E-state index in [2.05, 4.69) is 10.1 Å². The van der Waals surface area contributed by atoms with Crippen LogP contribution in [0.3, 0.4) is 0 Å². The maximum absolute atomic E-state index is 13.4. The molecule has 0 aliphatic carbocycles. The number of benzene rings is 1. The minimum Gasteiger partial charge on any atom is -0.389 e. The van der Waals surface area contributed by atoms with Crippen molar-refractivity contribution in [2.45, 2.75) is 13.0 Å². The average molecular weight is 259 g/mol. The lowest BCUT2D eigenvalue weighted by molar-refractivity contribution is 0.0608. The molecule has 0 radical (unpaired) electrons. The number of aliphatic hydroxyl groups is 1. The van der Waals surface area contributed by atoms with Crippen LogP contribution in [-0.4, -0.2) is 37.4 Å². The van der Waals surface area contributed by atoms with Crippen LogP contribution >= 0.6 is 0 Å². The molecule has 0 aromatic heterocycles. The molecule has 6 heteroatoms. The number of aliphatic hydroxyl groups excluding tert-OH is 1. The van der Waals surface area contributed by atoms with Crippen molar-refractivity contribution < 1.29 is 23.4 Å². The van der Waals surface area contributed by atoms with Crippen molar-refractivity contribution in [3.05, 3.63) is 34.9 Å². The van der Waals surface area contributed by atoms with Gasteiger partial charge >= 0.3 is 0 Å². The Balaban J connectivity index is 2.70. The minimum atomic E-state index is -0.891. The molecule has 0 saturated heterocycles. The van der Waals surface area contributed by atoms with Crippen molar-refractivity contribution in [3.63, 3.8) is 0 Å². The zero-order chi connectivity index (χ0) is 13.7. The van der Waals surface area contributed by atoms with E-state index in [1.165, 1.54) is 14.0 Å². The van der Waals surface area contributed by atoms with Gasteiger partial charge in [0.05, 0.1) is 18.3 Å². The monoisotopic (exact) mass is 259 g/mol. The summed E-state index contributed by atoms with van der Waals surface area (Å²) in [5.74, 6) is -2.23. The Morgan fingerprint density at radius 1 is 1.44 bits per heavy atom. The molecule has 0 fully saturated rings. The first-order valence-electron chi connectivity index (χ1n) is 5.36. The fourth-order valence-electron chi connectivity index (χ4n) is 1.38. The van der Waals surface area contributed by atoms with Crippen LogP contribution in [0.5, 0.6) is 0 Å². The van der Waals surface area contributed by atoms with Gasteiger partial charge in [0.1, 0.15) is 11.6 Å². The maximum Gasteiger partial charge on any atom is 0.254 e. The third-order valence-electron chi connectivity index (χ3n) is 2.35. The number of carbonyl (C=O) groups is 1. The first kappa shape index (κ1) is 14.5. The van der Waals surface area contributed by atoms with Crippen molar-refractivity contribution >= 4 is 5.91 Å². The molecule has 0 saturated carbocycles. The summed E-state index contributed by atoms with van der Waals surface area (Å²) < 4.78 is 31.3. The fourth-order valence-corrected chi connectivity index (χ4v) is 1.38. The quantitative estimate of drug-likeness (QED) is 0.829. The van der Waals surface area contributed by atoms with Gasteiger partial charge in [-0.15, -0.1) is 0 Å². The average Bonchev–Trinajstić information content (AvgIpc) is 2.31. The Bertz CT molecular complexity index is 438. The number of hydrogen-bond acceptors (Lipinski definition) is 3. The van der Waals surface area contributed by atoms with Crippen molar-refractivity contribution in [2.24, 2.45) is 0 Å². The second kappa shape index (κ2) is 6.42. The van der Waals surface area contributed by atoms with Gasteiger partial charge in [-0.1, -0.05) is 0 Å². The van der Waals surface area contributed by atoms with E-state index >= 15 is 0 Å². The van der Waals surface area contributed by atoms with Gasteiger partial charge in [-0.25, -0.2) is 8.78 Å². The molecule has 100 valence electrons. The van der Waals surface area contributed by atoms with Crippen LogP contribution in [0, 0.1) is 18.6 Å². The van der Waals surface area contributed by atoms with Crippen molar-refractivity contribution in [2.75, 3.05) is 20.3 Å². The number of halogens is 2. The van der Waals surface area contributed by atoms with Crippen LogP contribution in [0.1, 0.15) is 15.9 Å². The highest BCUT2D eigenvalue weighted by molar-refractivity contribution is 5.94. The van der Waals surface area contributed by atoms with Gasteiger partial charge in [0.2, 0.25) is 0 Å². The number of rotatable bonds is 5. The summed E-state index contributed by atoms with van der Waals surface area (Å²) in [5.41, 5.74) is -0.258. The zero-order valence-electron chi connectivity index (χ0n) is 10.2. The van der Waals surface area contributed by atoms with E-state index in [9.17, 15) is 18.7 Å². The summed E-state index contributed by atoms with van der Waals surface area (Å²) in [7, 11) is 1.40. The topological polar surface area (TPSA) is 58.6 Å². The lowest BCUT2D eigenvalue weighted by Crippen LogP contribution is -2.34. The van der Waals surface area contributed by atoms with Crippen LogP contribution < -0.4 is 5.32 Å². The van der Waals surface area contributed by atoms with Crippen molar-refractivity contribution in [3.8, 4) is 0 Å². The molecule has 0 bridgehead atoms. The molecule has 1 atom stereocenters. The molecule has 0 heterocycles. The highest BCUT2D eigenvalue weighted by Gasteiger charge is 2.15. The molecule has 1 aromatic carbocycles. The Morgan fingerprint density at radius 3 is 2.72 bits per heavy atom. The third kappa shape index (κ3) is 3.75. The normalized spacial score (nSPS) is 12.3. The number of carbonyl (C=O) groups excluding carboxylic acids is 1. The molecular weight excluding hydrogens is 244 g/mol. The highest BCUT2D eigenvalue weighted by Crippen LogP contribution is 2.13. The van der Waals surface area contributed by atoms with Gasteiger partial charge in [0, 0.05) is 13.7 Å². The van der Waals surface area contributed by atoms with E-state index in [4.69, 9.17) is 0 Å². The molecule has 1 unspecified atom stereocenters. The second-order valence-corrected chi connectivity index (χ2v) is 3.90. The summed E-state index contributed by atoms with van der Waals surface area (Å²) in [6, 6.07) is 1.79.